The summed E-state index contributed by atoms with van der Waals surface area (Å²) in [5.41, 5.74) is 5.18. The van der Waals surface area contributed by atoms with E-state index in [9.17, 15) is 24.3 Å². The number of carbonyl (C=O) groups is 2. The van der Waals surface area contributed by atoms with Crippen LogP contribution in [-0.2, 0) is 18.4 Å². The van der Waals surface area contributed by atoms with Crippen molar-refractivity contribution in [2.45, 2.75) is 25.4 Å². The molecule has 1 aliphatic heterocycles. The summed E-state index contributed by atoms with van der Waals surface area (Å²) in [6.45, 7) is 0.327. The maximum atomic E-state index is 12.8. The molecule has 1 saturated heterocycles. The maximum Gasteiger partial charge on any atom is 0.332 e. The fourth-order valence-corrected chi connectivity index (χ4v) is 3.52. The zero-order valence-corrected chi connectivity index (χ0v) is 15.5. The van der Waals surface area contributed by atoms with Crippen molar-refractivity contribution >= 4 is 17.6 Å². The average Bonchev–Trinajstić information content (AvgIpc) is 3.13. The van der Waals surface area contributed by atoms with E-state index in [1.807, 2.05) is 18.2 Å². The molecule has 0 aliphatic carbocycles. The molecule has 0 bridgehead atoms. The molecule has 1 fully saturated rings. The van der Waals surface area contributed by atoms with E-state index >= 15 is 0 Å². The maximum absolute atomic E-state index is 12.8. The molecule has 1 aromatic heterocycles. The fourth-order valence-electron chi connectivity index (χ4n) is 3.52. The van der Waals surface area contributed by atoms with Gasteiger partial charge in [-0.15, -0.1) is 0 Å². The van der Waals surface area contributed by atoms with Gasteiger partial charge in [0.05, 0.1) is 13.1 Å². The number of carbonyl (C=O) groups excluding carboxylic acids is 1. The van der Waals surface area contributed by atoms with E-state index in [-0.39, 0.29) is 24.5 Å². The van der Waals surface area contributed by atoms with E-state index in [1.54, 1.807) is 12.1 Å². The Morgan fingerprint density at radius 1 is 1.21 bits per heavy atom. The van der Waals surface area contributed by atoms with Gasteiger partial charge in [-0.3, -0.25) is 28.4 Å². The third-order valence-corrected chi connectivity index (χ3v) is 5.04. The molecule has 0 saturated carbocycles. The Morgan fingerprint density at radius 2 is 1.89 bits per heavy atom. The van der Waals surface area contributed by atoms with Crippen LogP contribution in [0.25, 0.3) is 0 Å². The lowest BCUT2D eigenvalue weighted by Crippen LogP contribution is -2.45. The third kappa shape index (κ3) is 3.61. The Kier molecular flexibility index (Phi) is 5.46. The van der Waals surface area contributed by atoms with Gasteiger partial charge in [0.25, 0.3) is 5.56 Å². The number of hydrogen-bond acceptors (Lipinski definition) is 6. The van der Waals surface area contributed by atoms with Gasteiger partial charge < -0.3 is 10.8 Å². The number of carboxylic acids is 1. The zero-order chi connectivity index (χ0) is 20.4. The van der Waals surface area contributed by atoms with Crippen molar-refractivity contribution < 1.29 is 14.7 Å². The predicted octanol–water partition coefficient (Wildman–Crippen LogP) is -0.0908. The van der Waals surface area contributed by atoms with Gasteiger partial charge in [-0.25, -0.2) is 4.79 Å². The van der Waals surface area contributed by atoms with Crippen LogP contribution in [0, 0.1) is 0 Å². The smallest absolute Gasteiger partial charge is 0.332 e. The van der Waals surface area contributed by atoms with Gasteiger partial charge in [-0.05, 0) is 24.9 Å². The summed E-state index contributed by atoms with van der Waals surface area (Å²) in [6, 6.07) is 8.30. The minimum absolute atomic E-state index is 0.112. The molecule has 3 rings (SSSR count). The Morgan fingerprint density at radius 3 is 2.54 bits per heavy atom. The molecule has 0 spiro atoms. The molecule has 1 atom stereocenters. The second-order valence-electron chi connectivity index (χ2n) is 6.87. The van der Waals surface area contributed by atoms with Crippen molar-refractivity contribution in [2.24, 2.45) is 7.05 Å². The number of aromatic nitrogens is 2. The third-order valence-electron chi connectivity index (χ3n) is 5.04. The molecule has 2 heterocycles. The van der Waals surface area contributed by atoms with E-state index in [1.165, 1.54) is 16.5 Å². The van der Waals surface area contributed by atoms with Gasteiger partial charge in [-0.1, -0.05) is 30.3 Å². The standard InChI is InChI=1S/C19H22N4O5/c1-21-17(25)15(14(24)11-22-9-5-8-13(22)18(26)27)16(20)23(19(21)28)10-12-6-3-2-4-7-12/h2-4,6-7,13H,5,8-11,20H2,1H3,(H,26,27)/t13-/m0/s1. The second kappa shape index (κ2) is 7.81. The first-order valence-electron chi connectivity index (χ1n) is 8.94. The minimum atomic E-state index is -1.000. The highest BCUT2D eigenvalue weighted by Crippen LogP contribution is 2.18. The van der Waals surface area contributed by atoms with Crippen LogP contribution in [0.4, 0.5) is 5.82 Å². The lowest BCUT2D eigenvalue weighted by molar-refractivity contribution is -0.141. The zero-order valence-electron chi connectivity index (χ0n) is 15.5. The number of anilines is 1. The van der Waals surface area contributed by atoms with E-state index in [2.05, 4.69) is 0 Å². The number of carboxylic acid groups (broad SMARTS) is 1. The summed E-state index contributed by atoms with van der Waals surface area (Å²) in [5, 5.41) is 9.28. The molecule has 0 unspecified atom stereocenters. The Labute approximate surface area is 160 Å². The highest BCUT2D eigenvalue weighted by Gasteiger charge is 2.33. The number of benzene rings is 1. The number of rotatable bonds is 6. The summed E-state index contributed by atoms with van der Waals surface area (Å²) >= 11 is 0. The lowest BCUT2D eigenvalue weighted by atomic mass is 10.1. The topological polar surface area (TPSA) is 128 Å². The molecule has 3 N–H and O–H groups in total. The number of nitrogen functional groups attached to an aromatic ring is 1. The van der Waals surface area contributed by atoms with Crippen LogP contribution >= 0.6 is 0 Å². The van der Waals surface area contributed by atoms with Crippen LogP contribution in [0.15, 0.2) is 39.9 Å². The molecule has 0 radical (unpaired) electrons. The van der Waals surface area contributed by atoms with Crippen LogP contribution in [-0.4, -0.2) is 50.0 Å². The summed E-state index contributed by atoms with van der Waals surface area (Å²) < 4.78 is 2.04. The SMILES string of the molecule is Cn1c(=O)c(C(=O)CN2CCC[C@H]2C(=O)O)c(N)n(Cc2ccccc2)c1=O. The largest absolute Gasteiger partial charge is 0.480 e. The predicted molar refractivity (Wildman–Crippen MR) is 102 cm³/mol. The van der Waals surface area contributed by atoms with E-state index in [4.69, 9.17) is 5.73 Å². The van der Waals surface area contributed by atoms with E-state index in [0.29, 0.717) is 19.4 Å². The highest BCUT2D eigenvalue weighted by atomic mass is 16.4. The number of ketones is 1. The highest BCUT2D eigenvalue weighted by molar-refractivity contribution is 6.01. The monoisotopic (exact) mass is 386 g/mol. The van der Waals surface area contributed by atoms with Gasteiger partial charge >= 0.3 is 11.7 Å². The van der Waals surface area contributed by atoms with Crippen molar-refractivity contribution in [1.29, 1.82) is 0 Å². The van der Waals surface area contributed by atoms with Crippen LogP contribution < -0.4 is 17.0 Å². The first-order valence-corrected chi connectivity index (χ1v) is 8.94. The van der Waals surface area contributed by atoms with Crippen molar-refractivity contribution in [2.75, 3.05) is 18.8 Å². The van der Waals surface area contributed by atoms with Crippen LogP contribution in [0.2, 0.25) is 0 Å². The number of nitrogens with two attached hydrogens (primary N) is 1. The summed E-state index contributed by atoms with van der Waals surface area (Å²) in [4.78, 5) is 50.8. The van der Waals surface area contributed by atoms with E-state index in [0.717, 1.165) is 10.1 Å². The molecular formula is C19H22N4O5. The first-order chi connectivity index (χ1) is 13.3. The number of nitrogens with zero attached hydrogens (tertiary/aromatic N) is 3. The summed E-state index contributed by atoms with van der Waals surface area (Å²) in [7, 11) is 1.29. The summed E-state index contributed by atoms with van der Waals surface area (Å²) in [5.74, 6) is -1.79. The molecule has 9 heteroatoms. The van der Waals surface area contributed by atoms with Crippen molar-refractivity contribution in [3.05, 3.63) is 62.3 Å². The number of likely N-dealkylation sites (tertiary alicyclic amines) is 1. The molecule has 1 aromatic carbocycles. The Hall–Kier alpha value is -3.20. The van der Waals surface area contributed by atoms with Gasteiger partial charge in [0, 0.05) is 7.05 Å². The molecule has 1 aliphatic rings. The van der Waals surface area contributed by atoms with Gasteiger partial charge in [0.1, 0.15) is 17.4 Å². The molecule has 28 heavy (non-hydrogen) atoms. The normalized spacial score (nSPS) is 17.0. The van der Waals surface area contributed by atoms with Gasteiger partial charge in [0.2, 0.25) is 0 Å². The Bertz CT molecular complexity index is 1030. The average molecular weight is 386 g/mol. The fraction of sp³-hybridized carbons (Fsp3) is 0.368. The molecule has 148 valence electrons. The Balaban J connectivity index is 1.99. The number of aliphatic carboxylic acids is 1. The van der Waals surface area contributed by atoms with Crippen LogP contribution in [0.1, 0.15) is 28.8 Å². The van der Waals surface area contributed by atoms with Gasteiger partial charge in [-0.2, -0.15) is 0 Å². The van der Waals surface area contributed by atoms with Crippen molar-refractivity contribution in [3.63, 3.8) is 0 Å². The molecule has 9 nitrogen and oxygen atoms in total. The van der Waals surface area contributed by atoms with Gasteiger partial charge in [0.15, 0.2) is 5.78 Å². The first kappa shape index (κ1) is 19.6. The lowest BCUT2D eigenvalue weighted by Gasteiger charge is -2.21. The van der Waals surface area contributed by atoms with E-state index < -0.39 is 29.0 Å². The second-order valence-corrected chi connectivity index (χ2v) is 6.87. The van der Waals surface area contributed by atoms with Crippen LogP contribution in [0.3, 0.4) is 0 Å². The minimum Gasteiger partial charge on any atom is -0.480 e. The number of Topliss-reactive ketones (excluding diaryl/α,β-unsaturated/α-hetero) is 1. The van der Waals surface area contributed by atoms with Crippen molar-refractivity contribution in [1.82, 2.24) is 14.0 Å². The molecular weight excluding hydrogens is 364 g/mol. The molecule has 2 aromatic rings. The summed E-state index contributed by atoms with van der Waals surface area (Å²) in [6.07, 6.45) is 1.11. The van der Waals surface area contributed by atoms with Crippen LogP contribution in [0.5, 0.6) is 0 Å². The number of hydrogen-bond donors (Lipinski definition) is 2. The van der Waals surface area contributed by atoms with Crippen molar-refractivity contribution in [3.8, 4) is 0 Å². The molecule has 0 amide bonds. The quantitative estimate of drug-likeness (QED) is 0.664.